The van der Waals surface area contributed by atoms with Gasteiger partial charge in [0.05, 0.1) is 6.54 Å². The molecule has 0 aliphatic rings. The fraction of sp³-hybridized carbons (Fsp3) is 0.375. The molecule has 0 fully saturated rings. The first-order chi connectivity index (χ1) is 10.2. The van der Waals surface area contributed by atoms with Gasteiger partial charge in [-0.2, -0.15) is 0 Å². The zero-order valence-corrected chi connectivity index (χ0v) is 12.5. The fourth-order valence-corrected chi connectivity index (χ4v) is 2.32. The van der Waals surface area contributed by atoms with Crippen LogP contribution in [0.15, 0.2) is 35.1 Å². The van der Waals surface area contributed by atoms with Crippen LogP contribution in [0.1, 0.15) is 19.4 Å². The predicted octanol–water partition coefficient (Wildman–Crippen LogP) is 1.49. The number of likely N-dealkylation sites (N-methyl/N-ethyl adjacent to an activating group) is 1. The molecule has 0 aliphatic carbocycles. The van der Waals surface area contributed by atoms with Crippen molar-refractivity contribution in [3.8, 4) is 0 Å². The number of para-hydroxylation sites is 1. The smallest absolute Gasteiger partial charge is 0.252 e. The maximum atomic E-state index is 12.0. The summed E-state index contributed by atoms with van der Waals surface area (Å²) in [5.41, 5.74) is 1.35. The standard InChI is InChI=1S/C16H21N3O2/c1-3-19(4-2)15(20)11-17-10-13-9-12-7-5-6-8-14(12)18-16(13)21/h5-9,17H,3-4,10-11H2,1-2H3,(H,18,21). The van der Waals surface area contributed by atoms with Gasteiger partial charge in [-0.25, -0.2) is 0 Å². The van der Waals surface area contributed by atoms with Crippen LogP contribution in [-0.4, -0.2) is 35.4 Å². The molecule has 5 nitrogen and oxygen atoms in total. The van der Waals surface area contributed by atoms with Crippen LogP contribution in [0.25, 0.3) is 10.9 Å². The Labute approximate surface area is 124 Å². The van der Waals surface area contributed by atoms with E-state index in [1.807, 2.05) is 44.2 Å². The summed E-state index contributed by atoms with van der Waals surface area (Å²) in [4.78, 5) is 28.4. The summed E-state index contributed by atoms with van der Waals surface area (Å²) < 4.78 is 0. The number of amides is 1. The minimum absolute atomic E-state index is 0.0530. The van der Waals surface area contributed by atoms with Crippen molar-refractivity contribution in [1.82, 2.24) is 15.2 Å². The van der Waals surface area contributed by atoms with Crippen LogP contribution in [-0.2, 0) is 11.3 Å². The Kier molecular flexibility index (Phi) is 5.11. The highest BCUT2D eigenvalue weighted by molar-refractivity contribution is 5.79. The maximum Gasteiger partial charge on any atom is 0.252 e. The Bertz CT molecular complexity index is 675. The molecule has 0 unspecified atom stereocenters. The van der Waals surface area contributed by atoms with E-state index in [1.54, 1.807) is 4.90 Å². The van der Waals surface area contributed by atoms with Crippen LogP contribution in [0.5, 0.6) is 0 Å². The summed E-state index contributed by atoms with van der Waals surface area (Å²) >= 11 is 0. The molecule has 1 amide bonds. The summed E-state index contributed by atoms with van der Waals surface area (Å²) in [6.45, 7) is 5.94. The monoisotopic (exact) mass is 287 g/mol. The third-order valence-corrected chi connectivity index (χ3v) is 3.54. The molecular weight excluding hydrogens is 266 g/mol. The van der Waals surface area contributed by atoms with Crippen molar-refractivity contribution in [1.29, 1.82) is 0 Å². The van der Waals surface area contributed by atoms with Crippen molar-refractivity contribution in [2.45, 2.75) is 20.4 Å². The molecule has 0 radical (unpaired) electrons. The first-order valence-corrected chi connectivity index (χ1v) is 7.25. The van der Waals surface area contributed by atoms with Crippen LogP contribution in [0.3, 0.4) is 0 Å². The topological polar surface area (TPSA) is 65.2 Å². The van der Waals surface area contributed by atoms with E-state index < -0.39 is 0 Å². The molecule has 0 saturated heterocycles. The molecule has 0 bridgehead atoms. The molecule has 5 heteroatoms. The van der Waals surface area contributed by atoms with Crippen molar-refractivity contribution in [3.63, 3.8) is 0 Å². The Hall–Kier alpha value is -2.14. The number of pyridine rings is 1. The number of rotatable bonds is 6. The number of benzene rings is 1. The first kappa shape index (κ1) is 15.3. The number of H-pyrrole nitrogens is 1. The first-order valence-electron chi connectivity index (χ1n) is 7.25. The summed E-state index contributed by atoms with van der Waals surface area (Å²) in [5, 5.41) is 4.03. The number of carbonyl (C=O) groups is 1. The van der Waals surface area contributed by atoms with E-state index in [2.05, 4.69) is 10.3 Å². The minimum atomic E-state index is -0.114. The SMILES string of the molecule is CCN(CC)C(=O)CNCc1cc2ccccc2[nH]c1=O. The molecule has 2 rings (SSSR count). The number of fused-ring (bicyclic) bond motifs is 1. The van der Waals surface area contributed by atoms with E-state index in [9.17, 15) is 9.59 Å². The van der Waals surface area contributed by atoms with Gasteiger partial charge in [-0.3, -0.25) is 9.59 Å². The highest BCUT2D eigenvalue weighted by Gasteiger charge is 2.09. The lowest BCUT2D eigenvalue weighted by atomic mass is 10.1. The summed E-state index contributed by atoms with van der Waals surface area (Å²) in [6, 6.07) is 9.51. The van der Waals surface area contributed by atoms with E-state index >= 15 is 0 Å². The number of nitrogens with zero attached hydrogens (tertiary/aromatic N) is 1. The number of hydrogen-bond donors (Lipinski definition) is 2. The van der Waals surface area contributed by atoms with E-state index in [4.69, 9.17) is 0 Å². The van der Waals surface area contributed by atoms with Gasteiger partial charge in [0.25, 0.3) is 5.56 Å². The molecule has 112 valence electrons. The lowest BCUT2D eigenvalue weighted by Gasteiger charge is -2.18. The number of carbonyl (C=O) groups excluding carboxylic acids is 1. The number of aromatic nitrogens is 1. The van der Waals surface area contributed by atoms with Crippen molar-refractivity contribution in [2.75, 3.05) is 19.6 Å². The third kappa shape index (κ3) is 3.70. The van der Waals surface area contributed by atoms with E-state index in [0.717, 1.165) is 10.9 Å². The summed E-state index contributed by atoms with van der Waals surface area (Å²) in [7, 11) is 0. The van der Waals surface area contributed by atoms with Gasteiger partial charge in [0.15, 0.2) is 0 Å². The molecule has 0 aliphatic heterocycles. The molecule has 0 saturated carbocycles. The van der Waals surface area contributed by atoms with Gasteiger partial charge < -0.3 is 15.2 Å². The van der Waals surface area contributed by atoms with E-state index in [0.29, 0.717) is 25.2 Å². The van der Waals surface area contributed by atoms with Gasteiger partial charge in [-0.15, -0.1) is 0 Å². The third-order valence-electron chi connectivity index (χ3n) is 3.54. The van der Waals surface area contributed by atoms with E-state index in [1.165, 1.54) is 0 Å². The molecule has 21 heavy (non-hydrogen) atoms. The van der Waals surface area contributed by atoms with Crippen molar-refractivity contribution in [2.24, 2.45) is 0 Å². The van der Waals surface area contributed by atoms with Crippen LogP contribution in [0.2, 0.25) is 0 Å². The molecule has 1 aromatic heterocycles. The number of aromatic amines is 1. The van der Waals surface area contributed by atoms with Crippen LogP contribution in [0.4, 0.5) is 0 Å². The maximum absolute atomic E-state index is 12.0. The second-order valence-corrected chi connectivity index (χ2v) is 4.88. The van der Waals surface area contributed by atoms with Gasteiger partial charge in [0.1, 0.15) is 0 Å². The summed E-state index contributed by atoms with van der Waals surface area (Å²) in [6.07, 6.45) is 0. The lowest BCUT2D eigenvalue weighted by Crippen LogP contribution is -2.38. The Morgan fingerprint density at radius 3 is 2.67 bits per heavy atom. The highest BCUT2D eigenvalue weighted by Crippen LogP contribution is 2.09. The highest BCUT2D eigenvalue weighted by atomic mass is 16.2. The number of hydrogen-bond acceptors (Lipinski definition) is 3. The average molecular weight is 287 g/mol. The summed E-state index contributed by atoms with van der Waals surface area (Å²) in [5.74, 6) is 0.0530. The molecule has 2 N–H and O–H groups in total. The largest absolute Gasteiger partial charge is 0.342 e. The second kappa shape index (κ2) is 7.04. The molecule has 1 heterocycles. The van der Waals surface area contributed by atoms with Gasteiger partial charge in [-0.05, 0) is 31.4 Å². The van der Waals surface area contributed by atoms with Crippen molar-refractivity contribution in [3.05, 3.63) is 46.2 Å². The normalized spacial score (nSPS) is 10.8. The Morgan fingerprint density at radius 2 is 1.95 bits per heavy atom. The average Bonchev–Trinajstić information content (AvgIpc) is 2.49. The Balaban J connectivity index is 2.02. The Morgan fingerprint density at radius 1 is 1.24 bits per heavy atom. The molecule has 1 aromatic carbocycles. The van der Waals surface area contributed by atoms with E-state index in [-0.39, 0.29) is 18.0 Å². The van der Waals surface area contributed by atoms with Gasteiger partial charge in [0.2, 0.25) is 5.91 Å². The minimum Gasteiger partial charge on any atom is -0.342 e. The number of nitrogens with one attached hydrogen (secondary N) is 2. The van der Waals surface area contributed by atoms with Crippen molar-refractivity contribution < 1.29 is 4.79 Å². The fourth-order valence-electron chi connectivity index (χ4n) is 2.32. The van der Waals surface area contributed by atoms with Gasteiger partial charge in [0, 0.05) is 30.7 Å². The zero-order chi connectivity index (χ0) is 15.2. The predicted molar refractivity (Wildman–Crippen MR) is 84.2 cm³/mol. The van der Waals surface area contributed by atoms with Crippen molar-refractivity contribution >= 4 is 16.8 Å². The van der Waals surface area contributed by atoms with Gasteiger partial charge in [-0.1, -0.05) is 18.2 Å². The second-order valence-electron chi connectivity index (χ2n) is 4.88. The van der Waals surface area contributed by atoms with Crippen LogP contribution in [0, 0.1) is 0 Å². The molecule has 0 spiro atoms. The molecule has 0 atom stereocenters. The lowest BCUT2D eigenvalue weighted by molar-refractivity contribution is -0.129. The van der Waals surface area contributed by atoms with Crippen LogP contribution >= 0.6 is 0 Å². The van der Waals surface area contributed by atoms with Gasteiger partial charge >= 0.3 is 0 Å². The zero-order valence-electron chi connectivity index (χ0n) is 12.5. The molecule has 2 aromatic rings. The quantitative estimate of drug-likeness (QED) is 0.846. The molecular formula is C16H21N3O2. The van der Waals surface area contributed by atoms with Crippen LogP contribution < -0.4 is 10.9 Å².